The summed E-state index contributed by atoms with van der Waals surface area (Å²) in [7, 11) is -1.91. The maximum absolute atomic E-state index is 12.3. The van der Waals surface area contributed by atoms with E-state index in [1.807, 2.05) is 12.3 Å². The maximum atomic E-state index is 12.3. The van der Waals surface area contributed by atoms with E-state index in [9.17, 15) is 8.42 Å². The molecule has 0 atom stereocenters. The van der Waals surface area contributed by atoms with Crippen molar-refractivity contribution in [3.05, 3.63) is 32.4 Å². The summed E-state index contributed by atoms with van der Waals surface area (Å²) in [5, 5.41) is 4.43. The number of hydrogen-bond acceptors (Lipinski definition) is 6. The normalized spacial score (nSPS) is 12.2. The maximum Gasteiger partial charge on any atom is 0.244 e. The van der Waals surface area contributed by atoms with Gasteiger partial charge in [0.05, 0.1) is 22.1 Å². The number of rotatable bonds is 5. The van der Waals surface area contributed by atoms with Gasteiger partial charge in [-0.05, 0) is 13.0 Å². The van der Waals surface area contributed by atoms with Gasteiger partial charge in [-0.3, -0.25) is 0 Å². The lowest BCUT2D eigenvalue weighted by atomic mass is 10.5. The smallest absolute Gasteiger partial charge is 0.244 e. The fourth-order valence-electron chi connectivity index (χ4n) is 1.58. The monoisotopic (exact) mass is 317 g/mol. The molecule has 0 bridgehead atoms. The van der Waals surface area contributed by atoms with E-state index in [0.29, 0.717) is 11.4 Å². The lowest BCUT2D eigenvalue weighted by Crippen LogP contribution is -2.26. The number of sulfonamides is 1. The summed E-state index contributed by atoms with van der Waals surface area (Å²) in [6, 6.07) is 1.63. The summed E-state index contributed by atoms with van der Waals surface area (Å²) >= 11 is 2.87. The highest BCUT2D eigenvalue weighted by atomic mass is 32.2. The molecule has 0 spiro atoms. The van der Waals surface area contributed by atoms with E-state index < -0.39 is 10.0 Å². The minimum atomic E-state index is -3.46. The van der Waals surface area contributed by atoms with E-state index in [2.05, 4.69) is 4.98 Å². The molecule has 2 heterocycles. The van der Waals surface area contributed by atoms with E-state index in [1.165, 1.54) is 27.0 Å². The topological polar surface area (TPSA) is 76.3 Å². The van der Waals surface area contributed by atoms with Crippen LogP contribution >= 0.6 is 22.7 Å². The SMILES string of the molecule is Cc1nc(CN(C)S(=O)(=O)c2csc(CN)c2)cs1. The zero-order valence-electron chi connectivity index (χ0n) is 10.7. The van der Waals surface area contributed by atoms with E-state index in [0.717, 1.165) is 15.6 Å². The summed E-state index contributed by atoms with van der Waals surface area (Å²) in [6.45, 7) is 2.53. The van der Waals surface area contributed by atoms with Gasteiger partial charge in [-0.25, -0.2) is 13.4 Å². The van der Waals surface area contributed by atoms with Crippen molar-refractivity contribution in [1.29, 1.82) is 0 Å². The van der Waals surface area contributed by atoms with Crippen LogP contribution in [0.1, 0.15) is 15.6 Å². The Hall–Kier alpha value is -0.800. The number of aryl methyl sites for hydroxylation is 1. The molecule has 2 aromatic rings. The molecule has 0 saturated heterocycles. The van der Waals surface area contributed by atoms with Crippen LogP contribution in [0, 0.1) is 6.92 Å². The lowest BCUT2D eigenvalue weighted by molar-refractivity contribution is 0.463. The predicted molar refractivity (Wildman–Crippen MR) is 77.7 cm³/mol. The molecule has 0 aliphatic heterocycles. The van der Waals surface area contributed by atoms with Crippen LogP contribution in [-0.4, -0.2) is 24.8 Å². The second-order valence-corrected chi connectivity index (χ2v) is 8.17. The highest BCUT2D eigenvalue weighted by Gasteiger charge is 2.22. The van der Waals surface area contributed by atoms with Crippen LogP contribution in [0.2, 0.25) is 0 Å². The van der Waals surface area contributed by atoms with Crippen molar-refractivity contribution in [2.75, 3.05) is 7.05 Å². The highest BCUT2D eigenvalue weighted by molar-refractivity contribution is 7.89. The molecule has 104 valence electrons. The van der Waals surface area contributed by atoms with Gasteiger partial charge in [0.2, 0.25) is 10.0 Å². The van der Waals surface area contributed by atoms with Crippen molar-refractivity contribution in [2.45, 2.75) is 24.9 Å². The van der Waals surface area contributed by atoms with Crippen LogP contribution < -0.4 is 5.73 Å². The van der Waals surface area contributed by atoms with Gasteiger partial charge in [0.25, 0.3) is 0 Å². The highest BCUT2D eigenvalue weighted by Crippen LogP contribution is 2.23. The van der Waals surface area contributed by atoms with Crippen LogP contribution in [-0.2, 0) is 23.1 Å². The Morgan fingerprint density at radius 2 is 2.11 bits per heavy atom. The largest absolute Gasteiger partial charge is 0.326 e. The predicted octanol–water partition coefficient (Wildman–Crippen LogP) is 1.79. The fraction of sp³-hybridized carbons (Fsp3) is 0.364. The zero-order valence-corrected chi connectivity index (χ0v) is 13.1. The molecular formula is C11H15N3O2S3. The van der Waals surface area contributed by atoms with E-state index in [-0.39, 0.29) is 6.54 Å². The molecule has 8 heteroatoms. The molecule has 0 unspecified atom stereocenters. The molecule has 0 fully saturated rings. The van der Waals surface area contributed by atoms with Crippen LogP contribution in [0.25, 0.3) is 0 Å². The number of thiophene rings is 1. The van der Waals surface area contributed by atoms with Gasteiger partial charge in [-0.2, -0.15) is 4.31 Å². The first kappa shape index (κ1) is 14.6. The van der Waals surface area contributed by atoms with Gasteiger partial charge >= 0.3 is 0 Å². The van der Waals surface area contributed by atoms with Crippen molar-refractivity contribution in [3.63, 3.8) is 0 Å². The molecule has 0 saturated carbocycles. The summed E-state index contributed by atoms with van der Waals surface area (Å²) in [6.07, 6.45) is 0. The van der Waals surface area contributed by atoms with Crippen molar-refractivity contribution in [1.82, 2.24) is 9.29 Å². The average Bonchev–Trinajstić information content (AvgIpc) is 2.98. The zero-order chi connectivity index (χ0) is 14.0. The van der Waals surface area contributed by atoms with Gasteiger partial charge in [-0.15, -0.1) is 22.7 Å². The Balaban J connectivity index is 2.19. The molecule has 5 nitrogen and oxygen atoms in total. The van der Waals surface area contributed by atoms with Crippen molar-refractivity contribution < 1.29 is 8.42 Å². The van der Waals surface area contributed by atoms with Crippen molar-refractivity contribution in [3.8, 4) is 0 Å². The summed E-state index contributed by atoms with van der Waals surface area (Å²) < 4.78 is 26.0. The van der Waals surface area contributed by atoms with Gasteiger partial charge < -0.3 is 5.73 Å². The van der Waals surface area contributed by atoms with Gasteiger partial charge in [0.15, 0.2) is 0 Å². The molecule has 0 aromatic carbocycles. The van der Waals surface area contributed by atoms with Crippen LogP contribution in [0.3, 0.4) is 0 Å². The third-order valence-corrected chi connectivity index (χ3v) is 6.30. The first-order chi connectivity index (χ1) is 8.93. The second-order valence-electron chi connectivity index (χ2n) is 4.07. The Labute approximate surface area is 120 Å². The summed E-state index contributed by atoms with van der Waals surface area (Å²) in [5.74, 6) is 0. The Morgan fingerprint density at radius 3 is 2.63 bits per heavy atom. The third-order valence-electron chi connectivity index (χ3n) is 2.59. The number of aromatic nitrogens is 1. The van der Waals surface area contributed by atoms with Crippen LogP contribution in [0.15, 0.2) is 21.7 Å². The van der Waals surface area contributed by atoms with Crippen molar-refractivity contribution >= 4 is 32.7 Å². The average molecular weight is 317 g/mol. The molecule has 0 aliphatic carbocycles. The Kier molecular flexibility index (Phi) is 4.36. The number of thiazole rings is 1. The second kappa shape index (κ2) is 5.68. The molecule has 2 aromatic heterocycles. The molecule has 2 N–H and O–H groups in total. The van der Waals surface area contributed by atoms with E-state index in [1.54, 1.807) is 18.5 Å². The first-order valence-electron chi connectivity index (χ1n) is 5.58. The molecule has 0 amide bonds. The number of nitrogens with two attached hydrogens (primary N) is 1. The van der Waals surface area contributed by atoms with Crippen LogP contribution in [0.5, 0.6) is 0 Å². The lowest BCUT2D eigenvalue weighted by Gasteiger charge is -2.14. The molecule has 0 aliphatic rings. The summed E-state index contributed by atoms with van der Waals surface area (Å²) in [5.41, 5.74) is 6.27. The standard InChI is InChI=1S/C11H15N3O2S3/c1-8-13-9(6-17-8)5-14(2)19(15,16)11-3-10(4-12)18-7-11/h3,6-7H,4-5,12H2,1-2H3. The van der Waals surface area contributed by atoms with Gasteiger partial charge in [0, 0.05) is 29.2 Å². The quantitative estimate of drug-likeness (QED) is 0.912. The number of hydrogen-bond donors (Lipinski definition) is 1. The minimum absolute atomic E-state index is 0.278. The van der Waals surface area contributed by atoms with Gasteiger partial charge in [-0.1, -0.05) is 0 Å². The van der Waals surface area contributed by atoms with E-state index >= 15 is 0 Å². The first-order valence-corrected chi connectivity index (χ1v) is 8.78. The fourth-order valence-corrected chi connectivity index (χ4v) is 4.47. The summed E-state index contributed by atoms with van der Waals surface area (Å²) in [4.78, 5) is 5.43. The molecule has 2 rings (SSSR count). The number of nitrogens with zero attached hydrogens (tertiary/aromatic N) is 2. The van der Waals surface area contributed by atoms with E-state index in [4.69, 9.17) is 5.73 Å². The van der Waals surface area contributed by atoms with Gasteiger partial charge in [0.1, 0.15) is 0 Å². The minimum Gasteiger partial charge on any atom is -0.326 e. The molecular weight excluding hydrogens is 302 g/mol. The van der Waals surface area contributed by atoms with Crippen LogP contribution in [0.4, 0.5) is 0 Å². The third kappa shape index (κ3) is 3.21. The van der Waals surface area contributed by atoms with Crippen molar-refractivity contribution in [2.24, 2.45) is 5.73 Å². The Bertz CT molecular complexity index is 660. The molecule has 0 radical (unpaired) electrons. The Morgan fingerprint density at radius 1 is 1.37 bits per heavy atom. The molecule has 19 heavy (non-hydrogen) atoms.